The predicted molar refractivity (Wildman–Crippen MR) is 148 cm³/mol. The van der Waals surface area contributed by atoms with Crippen molar-refractivity contribution in [1.29, 1.82) is 0 Å². The lowest BCUT2D eigenvalue weighted by molar-refractivity contribution is 0.189. The topological polar surface area (TPSA) is 27.7 Å². The minimum atomic E-state index is -2.81. The van der Waals surface area contributed by atoms with Crippen LogP contribution in [0.1, 0.15) is 31.9 Å². The van der Waals surface area contributed by atoms with Crippen LogP contribution in [-0.2, 0) is 26.5 Å². The molecule has 0 heterocycles. The van der Waals surface area contributed by atoms with Crippen molar-refractivity contribution in [2.45, 2.75) is 39.0 Å². The standard InChI is InChI=1S/C30H33O3PSi/c1-30(2,3)35(28-20-12-6-13-21-28,29-22-14-7-15-23-29)33-34(31-24-26-16-8-4-9-17-26)32-25-27-18-10-5-11-19-27/h4-23H,24-25H2,1-3H3. The average molecular weight is 501 g/mol. The highest BCUT2D eigenvalue weighted by Gasteiger charge is 2.52. The summed E-state index contributed by atoms with van der Waals surface area (Å²) in [5.74, 6) is 0. The Hall–Kier alpha value is -2.59. The zero-order valence-electron chi connectivity index (χ0n) is 20.6. The highest BCUT2D eigenvalue weighted by atomic mass is 31.2. The van der Waals surface area contributed by atoms with Crippen molar-refractivity contribution in [2.24, 2.45) is 0 Å². The summed E-state index contributed by atoms with van der Waals surface area (Å²) in [6.45, 7) is 7.66. The Morgan fingerprint density at radius 1 is 0.543 bits per heavy atom. The highest BCUT2D eigenvalue weighted by molar-refractivity contribution is 7.44. The molecule has 4 aromatic rings. The number of benzene rings is 4. The Morgan fingerprint density at radius 2 is 0.886 bits per heavy atom. The molecule has 0 saturated carbocycles. The number of hydrogen-bond acceptors (Lipinski definition) is 3. The SMILES string of the molecule is CC(C)(C)[Si](OP(OCc1ccccc1)OCc1ccccc1)(c1ccccc1)c1ccccc1. The van der Waals surface area contributed by atoms with E-state index in [4.69, 9.17) is 13.3 Å². The summed E-state index contributed by atoms with van der Waals surface area (Å²) in [4.78, 5) is 0. The minimum absolute atomic E-state index is 0.164. The van der Waals surface area contributed by atoms with E-state index in [1.54, 1.807) is 0 Å². The molecule has 35 heavy (non-hydrogen) atoms. The van der Waals surface area contributed by atoms with Crippen molar-refractivity contribution in [2.75, 3.05) is 0 Å². The third kappa shape index (κ3) is 6.35. The maximum Gasteiger partial charge on any atom is 0.323 e. The Labute approximate surface area is 211 Å². The van der Waals surface area contributed by atoms with Gasteiger partial charge in [0.05, 0.1) is 13.2 Å². The molecule has 0 radical (unpaired) electrons. The van der Waals surface area contributed by atoms with E-state index in [9.17, 15) is 0 Å². The van der Waals surface area contributed by atoms with Gasteiger partial charge in [-0.1, -0.05) is 142 Å². The van der Waals surface area contributed by atoms with E-state index in [2.05, 4.69) is 106 Å². The molecule has 3 nitrogen and oxygen atoms in total. The zero-order valence-corrected chi connectivity index (χ0v) is 22.5. The van der Waals surface area contributed by atoms with Gasteiger partial charge < -0.3 is 13.3 Å². The molecule has 0 aliphatic rings. The predicted octanol–water partition coefficient (Wildman–Crippen LogP) is 7.22. The Balaban J connectivity index is 1.72. The maximum atomic E-state index is 7.18. The maximum absolute atomic E-state index is 7.18. The van der Waals surface area contributed by atoms with Crippen LogP contribution in [0.2, 0.25) is 5.04 Å². The molecule has 0 aliphatic carbocycles. The van der Waals surface area contributed by atoms with Gasteiger partial charge in [-0.05, 0) is 26.5 Å². The summed E-state index contributed by atoms with van der Waals surface area (Å²) >= 11 is 0. The first-order valence-corrected chi connectivity index (χ1v) is 14.9. The van der Waals surface area contributed by atoms with E-state index >= 15 is 0 Å². The van der Waals surface area contributed by atoms with Crippen LogP contribution in [0.25, 0.3) is 0 Å². The molecule has 0 amide bonds. The molecule has 0 N–H and O–H groups in total. The average Bonchev–Trinajstić information content (AvgIpc) is 2.90. The number of rotatable bonds is 10. The van der Waals surface area contributed by atoms with Gasteiger partial charge >= 0.3 is 8.60 Å². The molecule has 0 spiro atoms. The molecule has 4 rings (SSSR count). The molecule has 0 unspecified atom stereocenters. The fourth-order valence-electron chi connectivity index (χ4n) is 4.23. The van der Waals surface area contributed by atoms with E-state index in [0.29, 0.717) is 13.2 Å². The molecular formula is C30H33O3PSi. The monoisotopic (exact) mass is 500 g/mol. The Kier molecular flexibility index (Phi) is 8.67. The lowest BCUT2D eigenvalue weighted by Crippen LogP contribution is -2.65. The lowest BCUT2D eigenvalue weighted by Gasteiger charge is -2.43. The van der Waals surface area contributed by atoms with Crippen LogP contribution < -0.4 is 10.4 Å². The summed E-state index contributed by atoms with van der Waals surface area (Å²) in [5, 5.41) is 2.25. The molecule has 0 fully saturated rings. The molecule has 4 aromatic carbocycles. The minimum Gasteiger partial charge on any atom is -0.344 e. The van der Waals surface area contributed by atoms with Gasteiger partial charge in [-0.25, -0.2) is 0 Å². The van der Waals surface area contributed by atoms with Crippen molar-refractivity contribution < 1.29 is 13.3 Å². The van der Waals surface area contributed by atoms with Crippen molar-refractivity contribution >= 4 is 27.3 Å². The largest absolute Gasteiger partial charge is 0.344 e. The normalized spacial score (nSPS) is 12.1. The van der Waals surface area contributed by atoms with Crippen LogP contribution in [0.15, 0.2) is 121 Å². The molecule has 5 heteroatoms. The lowest BCUT2D eigenvalue weighted by atomic mass is 10.2. The fraction of sp³-hybridized carbons (Fsp3) is 0.200. The Morgan fingerprint density at radius 3 is 1.23 bits per heavy atom. The number of hydrogen-bond donors (Lipinski definition) is 0. The second-order valence-electron chi connectivity index (χ2n) is 9.50. The smallest absolute Gasteiger partial charge is 0.323 e. The summed E-state index contributed by atoms with van der Waals surface area (Å²) in [7, 11) is -4.46. The van der Waals surface area contributed by atoms with Crippen LogP contribution in [0.3, 0.4) is 0 Å². The van der Waals surface area contributed by atoms with Gasteiger partial charge in [-0.3, -0.25) is 0 Å². The summed E-state index contributed by atoms with van der Waals surface area (Å²) in [5.41, 5.74) is 2.18. The first kappa shape index (κ1) is 25.5. The van der Waals surface area contributed by atoms with Crippen molar-refractivity contribution in [1.82, 2.24) is 0 Å². The molecular weight excluding hydrogens is 467 g/mol. The van der Waals surface area contributed by atoms with Crippen molar-refractivity contribution in [3.63, 3.8) is 0 Å². The van der Waals surface area contributed by atoms with Crippen LogP contribution >= 0.6 is 8.60 Å². The fourth-order valence-corrected chi connectivity index (χ4v) is 11.5. The highest BCUT2D eigenvalue weighted by Crippen LogP contribution is 2.50. The second-order valence-corrected chi connectivity index (χ2v) is 15.2. The van der Waals surface area contributed by atoms with E-state index in [-0.39, 0.29) is 5.04 Å². The van der Waals surface area contributed by atoms with Gasteiger partial charge in [0.1, 0.15) is 0 Å². The molecule has 0 aromatic heterocycles. The molecule has 0 saturated heterocycles. The van der Waals surface area contributed by atoms with Crippen molar-refractivity contribution in [3.05, 3.63) is 132 Å². The van der Waals surface area contributed by atoms with E-state index in [1.807, 2.05) is 36.4 Å². The molecule has 0 atom stereocenters. The molecule has 0 aliphatic heterocycles. The zero-order chi connectivity index (χ0) is 24.6. The van der Waals surface area contributed by atoms with Crippen molar-refractivity contribution in [3.8, 4) is 0 Å². The van der Waals surface area contributed by atoms with Gasteiger partial charge in [-0.15, -0.1) is 0 Å². The van der Waals surface area contributed by atoms with E-state index in [0.717, 1.165) is 11.1 Å². The summed E-state index contributed by atoms with van der Waals surface area (Å²) in [6.07, 6.45) is 0. The first-order valence-electron chi connectivity index (χ1n) is 11.9. The van der Waals surface area contributed by atoms with Crippen LogP contribution in [-0.4, -0.2) is 8.32 Å². The third-order valence-electron chi connectivity index (χ3n) is 5.99. The van der Waals surface area contributed by atoms with Gasteiger partial charge in [0, 0.05) is 0 Å². The van der Waals surface area contributed by atoms with Gasteiger partial charge in [0.25, 0.3) is 8.32 Å². The Bertz CT molecular complexity index is 1070. The van der Waals surface area contributed by atoms with Crippen LogP contribution in [0.4, 0.5) is 0 Å². The third-order valence-corrected chi connectivity index (χ3v) is 12.8. The van der Waals surface area contributed by atoms with Crippen LogP contribution in [0.5, 0.6) is 0 Å². The molecule has 180 valence electrons. The van der Waals surface area contributed by atoms with Crippen LogP contribution in [0, 0.1) is 0 Å². The van der Waals surface area contributed by atoms with Gasteiger partial charge in [0.2, 0.25) is 0 Å². The first-order chi connectivity index (χ1) is 17.0. The second kappa shape index (κ2) is 11.9. The summed E-state index contributed by atoms with van der Waals surface area (Å²) < 4.78 is 20.0. The quantitative estimate of drug-likeness (QED) is 0.170. The van der Waals surface area contributed by atoms with E-state index in [1.165, 1.54) is 10.4 Å². The van der Waals surface area contributed by atoms with Gasteiger partial charge in [-0.2, -0.15) is 0 Å². The molecule has 0 bridgehead atoms. The summed E-state index contributed by atoms with van der Waals surface area (Å²) in [6, 6.07) is 41.6. The van der Waals surface area contributed by atoms with E-state index < -0.39 is 16.9 Å². The van der Waals surface area contributed by atoms with Gasteiger partial charge in [0.15, 0.2) is 0 Å².